The number of non-ortho nitro benzene ring substituents is 1. The number of nitro groups is 1. The van der Waals surface area contributed by atoms with Crippen LogP contribution in [0.2, 0.25) is 0 Å². The molecule has 0 aliphatic rings. The fourth-order valence-electron chi connectivity index (χ4n) is 2.62. The van der Waals surface area contributed by atoms with E-state index < -0.39 is 4.92 Å². The van der Waals surface area contributed by atoms with Gasteiger partial charge in [0.05, 0.1) is 16.9 Å². The number of hydrogen-bond acceptors (Lipinski definition) is 7. The third kappa shape index (κ3) is 5.29. The summed E-state index contributed by atoms with van der Waals surface area (Å²) >= 11 is 1.28. The maximum atomic E-state index is 12.1. The summed E-state index contributed by atoms with van der Waals surface area (Å²) in [5, 5.41) is 23.7. The number of aryl methyl sites for hydroxylation is 1. The third-order valence-corrected chi connectivity index (χ3v) is 5.15. The Kier molecular flexibility index (Phi) is 6.91. The van der Waals surface area contributed by atoms with Crippen molar-refractivity contribution in [1.82, 2.24) is 20.2 Å². The molecule has 0 aliphatic carbocycles. The van der Waals surface area contributed by atoms with Gasteiger partial charge in [-0.25, -0.2) is 5.43 Å². The van der Waals surface area contributed by atoms with E-state index in [1.807, 2.05) is 42.7 Å². The summed E-state index contributed by atoms with van der Waals surface area (Å²) in [5.41, 5.74) is 5.22. The van der Waals surface area contributed by atoms with Crippen LogP contribution in [0.25, 0.3) is 11.4 Å². The monoisotopic (exact) mass is 424 g/mol. The minimum atomic E-state index is -0.473. The molecule has 3 aromatic rings. The van der Waals surface area contributed by atoms with E-state index >= 15 is 0 Å². The van der Waals surface area contributed by atoms with Crippen molar-refractivity contribution in [1.29, 1.82) is 0 Å². The highest BCUT2D eigenvalue weighted by molar-refractivity contribution is 7.99. The van der Waals surface area contributed by atoms with E-state index in [-0.39, 0.29) is 17.3 Å². The summed E-state index contributed by atoms with van der Waals surface area (Å²) in [6.45, 7) is 4.70. The molecule has 0 spiro atoms. The number of amides is 1. The van der Waals surface area contributed by atoms with Crippen LogP contribution in [0.15, 0.2) is 58.8 Å². The predicted molar refractivity (Wildman–Crippen MR) is 115 cm³/mol. The first kappa shape index (κ1) is 21.2. The lowest BCUT2D eigenvalue weighted by Gasteiger charge is -2.07. The van der Waals surface area contributed by atoms with E-state index in [4.69, 9.17) is 0 Å². The smallest absolute Gasteiger partial charge is 0.269 e. The number of thioether (sulfide) groups is 1. The van der Waals surface area contributed by atoms with Crippen molar-refractivity contribution in [2.75, 3.05) is 5.75 Å². The summed E-state index contributed by atoms with van der Waals surface area (Å²) in [6, 6.07) is 13.9. The molecule has 0 bridgehead atoms. The standard InChI is InChI=1S/C20H20N6O3S/c1-3-25-19(16-8-4-14(2)5-9-16)23-24-20(25)30-13-18(27)22-21-12-15-6-10-17(11-7-15)26(28)29/h4-12H,3,13H2,1-2H3,(H,22,27). The van der Waals surface area contributed by atoms with Gasteiger partial charge >= 0.3 is 0 Å². The predicted octanol–water partition coefficient (Wildman–Crippen LogP) is 3.42. The largest absolute Gasteiger partial charge is 0.302 e. The Labute approximate surface area is 177 Å². The van der Waals surface area contributed by atoms with Gasteiger partial charge in [0.25, 0.3) is 11.6 Å². The fourth-order valence-corrected chi connectivity index (χ4v) is 3.41. The van der Waals surface area contributed by atoms with Crippen LogP contribution in [-0.2, 0) is 11.3 Å². The third-order valence-electron chi connectivity index (χ3n) is 4.18. The first-order valence-electron chi connectivity index (χ1n) is 9.17. The number of nitro benzene ring substituents is 1. The number of aromatic nitrogens is 3. The van der Waals surface area contributed by atoms with Gasteiger partial charge in [-0.1, -0.05) is 41.6 Å². The molecule has 10 heteroatoms. The molecule has 1 amide bonds. The van der Waals surface area contributed by atoms with Crippen LogP contribution >= 0.6 is 11.8 Å². The highest BCUT2D eigenvalue weighted by atomic mass is 32.2. The molecule has 154 valence electrons. The van der Waals surface area contributed by atoms with Gasteiger partial charge in [0.15, 0.2) is 11.0 Å². The van der Waals surface area contributed by atoms with Gasteiger partial charge in [0.2, 0.25) is 0 Å². The van der Waals surface area contributed by atoms with E-state index in [1.54, 1.807) is 12.1 Å². The first-order chi connectivity index (χ1) is 14.5. The molecule has 30 heavy (non-hydrogen) atoms. The molecule has 0 fully saturated rings. The Morgan fingerprint density at radius 3 is 2.53 bits per heavy atom. The Morgan fingerprint density at radius 2 is 1.90 bits per heavy atom. The van der Waals surface area contributed by atoms with Crippen molar-refractivity contribution in [2.24, 2.45) is 5.10 Å². The quantitative estimate of drug-likeness (QED) is 0.256. The molecule has 3 rings (SSSR count). The maximum absolute atomic E-state index is 12.1. The second-order valence-corrected chi connectivity index (χ2v) is 7.29. The van der Waals surface area contributed by atoms with Gasteiger partial charge in [-0.3, -0.25) is 14.9 Å². The molecule has 9 nitrogen and oxygen atoms in total. The second-order valence-electron chi connectivity index (χ2n) is 6.35. The van der Waals surface area contributed by atoms with E-state index in [1.165, 1.54) is 35.7 Å². The van der Waals surface area contributed by atoms with Crippen molar-refractivity contribution in [3.63, 3.8) is 0 Å². The van der Waals surface area contributed by atoms with Crippen LogP contribution in [0, 0.1) is 17.0 Å². The van der Waals surface area contributed by atoms with Gasteiger partial charge in [-0.15, -0.1) is 10.2 Å². The summed E-state index contributed by atoms with van der Waals surface area (Å²) in [4.78, 5) is 22.2. The zero-order valence-corrected chi connectivity index (χ0v) is 17.3. The lowest BCUT2D eigenvalue weighted by molar-refractivity contribution is -0.384. The molecule has 0 saturated carbocycles. The molecular formula is C20H20N6O3S. The van der Waals surface area contributed by atoms with Crippen molar-refractivity contribution in [2.45, 2.75) is 25.5 Å². The minimum Gasteiger partial charge on any atom is -0.302 e. The lowest BCUT2D eigenvalue weighted by atomic mass is 10.1. The van der Waals surface area contributed by atoms with Gasteiger partial charge in [-0.2, -0.15) is 5.10 Å². The number of carbonyl (C=O) groups is 1. The average molecular weight is 424 g/mol. The van der Waals surface area contributed by atoms with Gasteiger partial charge in [-0.05, 0) is 31.5 Å². The molecule has 1 heterocycles. The number of carbonyl (C=O) groups excluding carboxylic acids is 1. The number of nitrogens with one attached hydrogen (secondary N) is 1. The number of hydrogen-bond donors (Lipinski definition) is 1. The zero-order valence-electron chi connectivity index (χ0n) is 16.5. The summed E-state index contributed by atoms with van der Waals surface area (Å²) in [7, 11) is 0. The molecule has 0 saturated heterocycles. The van der Waals surface area contributed by atoms with Gasteiger partial charge in [0, 0.05) is 24.2 Å². The van der Waals surface area contributed by atoms with Crippen molar-refractivity contribution in [3.8, 4) is 11.4 Å². The number of hydrazone groups is 1. The molecule has 0 atom stereocenters. The van der Waals surface area contributed by atoms with E-state index in [0.29, 0.717) is 17.3 Å². The first-order valence-corrected chi connectivity index (χ1v) is 10.2. The Morgan fingerprint density at radius 1 is 1.20 bits per heavy atom. The Hall–Kier alpha value is -3.53. The zero-order chi connectivity index (χ0) is 21.5. The molecule has 2 aromatic carbocycles. The number of rotatable bonds is 8. The Balaban J connectivity index is 1.57. The van der Waals surface area contributed by atoms with E-state index in [0.717, 1.165) is 11.4 Å². The minimum absolute atomic E-state index is 0.00220. The van der Waals surface area contributed by atoms with E-state index in [2.05, 4.69) is 20.7 Å². The summed E-state index contributed by atoms with van der Waals surface area (Å²) < 4.78 is 1.96. The van der Waals surface area contributed by atoms with Gasteiger partial charge in [0.1, 0.15) is 0 Å². The van der Waals surface area contributed by atoms with Crippen LogP contribution in [0.1, 0.15) is 18.1 Å². The molecule has 0 radical (unpaired) electrons. The second kappa shape index (κ2) is 9.79. The SMILES string of the molecule is CCn1c(SCC(=O)NN=Cc2ccc([N+](=O)[O-])cc2)nnc1-c1ccc(C)cc1. The molecule has 0 aliphatic heterocycles. The normalized spacial score (nSPS) is 11.0. The maximum Gasteiger partial charge on any atom is 0.269 e. The average Bonchev–Trinajstić information content (AvgIpc) is 3.16. The van der Waals surface area contributed by atoms with Crippen LogP contribution < -0.4 is 5.43 Å². The van der Waals surface area contributed by atoms with Crippen molar-refractivity contribution < 1.29 is 9.72 Å². The molecular weight excluding hydrogens is 404 g/mol. The Bertz CT molecular complexity index is 1060. The van der Waals surface area contributed by atoms with Crippen molar-refractivity contribution in [3.05, 3.63) is 69.8 Å². The topological polar surface area (TPSA) is 115 Å². The van der Waals surface area contributed by atoms with Crippen molar-refractivity contribution >= 4 is 29.6 Å². The highest BCUT2D eigenvalue weighted by Crippen LogP contribution is 2.24. The number of benzene rings is 2. The van der Waals surface area contributed by atoms with Crippen LogP contribution in [0.3, 0.4) is 0 Å². The lowest BCUT2D eigenvalue weighted by Crippen LogP contribution is -2.20. The highest BCUT2D eigenvalue weighted by Gasteiger charge is 2.14. The molecule has 0 unspecified atom stereocenters. The molecule has 1 aromatic heterocycles. The fraction of sp³-hybridized carbons (Fsp3) is 0.200. The number of nitrogens with zero attached hydrogens (tertiary/aromatic N) is 5. The summed E-state index contributed by atoms with van der Waals surface area (Å²) in [5.74, 6) is 0.598. The van der Waals surface area contributed by atoms with E-state index in [9.17, 15) is 14.9 Å². The van der Waals surface area contributed by atoms with Crippen LogP contribution in [0.5, 0.6) is 0 Å². The molecule has 1 N–H and O–H groups in total. The van der Waals surface area contributed by atoms with Gasteiger partial charge < -0.3 is 4.57 Å². The van der Waals surface area contributed by atoms with Crippen LogP contribution in [0.4, 0.5) is 5.69 Å². The summed E-state index contributed by atoms with van der Waals surface area (Å²) in [6.07, 6.45) is 1.43. The van der Waals surface area contributed by atoms with Crippen LogP contribution in [-0.4, -0.2) is 37.6 Å².